The van der Waals surface area contributed by atoms with Crippen molar-refractivity contribution in [3.63, 3.8) is 0 Å². The van der Waals surface area contributed by atoms with Gasteiger partial charge in [-0.25, -0.2) is 4.79 Å². The highest BCUT2D eigenvalue weighted by Gasteiger charge is 2.37. The number of likely N-dealkylation sites (N-methyl/N-ethyl adjacent to an activating group) is 1. The molecule has 0 N–H and O–H groups in total. The summed E-state index contributed by atoms with van der Waals surface area (Å²) in [5.74, 6) is 0.0749. The lowest BCUT2D eigenvalue weighted by atomic mass is 9.84. The van der Waals surface area contributed by atoms with Crippen LogP contribution in [0.25, 0.3) is 10.8 Å². The Kier molecular flexibility index (Phi) is 10.1. The average molecular weight is 659 g/mol. The molecule has 2 fully saturated rings. The molecule has 0 spiro atoms. The number of carbonyl (C=O) groups is 1. The van der Waals surface area contributed by atoms with Gasteiger partial charge in [-0.05, 0) is 83.0 Å². The molecule has 3 aliphatic rings. The van der Waals surface area contributed by atoms with E-state index in [9.17, 15) is 10.1 Å². The summed E-state index contributed by atoms with van der Waals surface area (Å²) in [5.41, 5.74) is 3.62. The normalized spacial score (nSPS) is 20.4. The number of aromatic nitrogens is 2. The zero-order chi connectivity index (χ0) is 33.1. The van der Waals surface area contributed by atoms with E-state index < -0.39 is 5.60 Å². The predicted molar refractivity (Wildman–Crippen MR) is 185 cm³/mol. The summed E-state index contributed by atoms with van der Waals surface area (Å²) in [7, 11) is 2.18. The van der Waals surface area contributed by atoms with Crippen molar-refractivity contribution in [2.24, 2.45) is 0 Å². The SMILES string of the molecule is CN(CCOc1nc2c(c(C3CCN(C(=O)OC(C)(C)C)[C@@H](CC#N)C3)n1)CCN(c1cccc3cccc(Cl)c13)C2)C1CCCC1. The number of fused-ring (bicyclic) bond motifs is 2. The Bertz CT molecular complexity index is 1620. The number of likely N-dealkylation sites (tertiary alicyclic amines) is 1. The molecule has 2 atom stereocenters. The minimum atomic E-state index is -0.602. The fraction of sp³-hybridized carbons (Fsp3) is 0.568. The Hall–Kier alpha value is -3.61. The Morgan fingerprint density at radius 2 is 1.87 bits per heavy atom. The largest absolute Gasteiger partial charge is 0.462 e. The number of ether oxygens (including phenoxy) is 2. The van der Waals surface area contributed by atoms with Gasteiger partial charge >= 0.3 is 12.1 Å². The van der Waals surface area contributed by atoms with Gasteiger partial charge in [0.15, 0.2) is 0 Å². The maximum Gasteiger partial charge on any atom is 0.410 e. The van der Waals surface area contributed by atoms with Crippen LogP contribution in [0.4, 0.5) is 10.5 Å². The molecule has 6 rings (SSSR count). The van der Waals surface area contributed by atoms with Crippen molar-refractivity contribution in [3.8, 4) is 12.1 Å². The van der Waals surface area contributed by atoms with Crippen LogP contribution in [0.1, 0.15) is 88.6 Å². The van der Waals surface area contributed by atoms with Crippen LogP contribution in [0.5, 0.6) is 6.01 Å². The van der Waals surface area contributed by atoms with Crippen LogP contribution in [0, 0.1) is 11.3 Å². The Labute approximate surface area is 283 Å². The molecular formula is C37H47ClN6O3. The standard InChI is InChI=1S/C37H47ClN6O3/c1-37(2,3)47-36(45)44-20-16-26(23-28(44)15-18-39)34-29-17-19-43(32-14-8-10-25-9-7-13-30(38)33(25)32)24-31(29)40-35(41-34)46-22-21-42(4)27-11-5-6-12-27/h7-10,13-14,26-28H,5-6,11-12,15-17,19-24H2,1-4H3/t26?,28-/m0/s1. The summed E-state index contributed by atoms with van der Waals surface area (Å²) >= 11 is 6.74. The predicted octanol–water partition coefficient (Wildman–Crippen LogP) is 7.50. The number of carbonyl (C=O) groups excluding carboxylic acids is 1. The molecule has 250 valence electrons. The molecule has 1 aromatic heterocycles. The summed E-state index contributed by atoms with van der Waals surface area (Å²) in [6.45, 7) is 8.87. The highest BCUT2D eigenvalue weighted by atomic mass is 35.5. The molecule has 2 aromatic carbocycles. The van der Waals surface area contributed by atoms with Crippen molar-refractivity contribution >= 4 is 34.2 Å². The molecule has 9 nitrogen and oxygen atoms in total. The fourth-order valence-corrected chi connectivity index (χ4v) is 7.83. The molecule has 1 amide bonds. The van der Waals surface area contributed by atoms with Crippen molar-refractivity contribution in [2.45, 2.75) is 102 Å². The van der Waals surface area contributed by atoms with Gasteiger partial charge in [-0.2, -0.15) is 15.2 Å². The first-order valence-electron chi connectivity index (χ1n) is 17.1. The van der Waals surface area contributed by atoms with E-state index in [1.807, 2.05) is 32.9 Å². The average Bonchev–Trinajstić information content (AvgIpc) is 3.59. The van der Waals surface area contributed by atoms with Crippen LogP contribution in [0.2, 0.25) is 5.02 Å². The van der Waals surface area contributed by atoms with Gasteiger partial charge in [0.2, 0.25) is 0 Å². The number of halogens is 1. The van der Waals surface area contributed by atoms with E-state index >= 15 is 0 Å². The maximum atomic E-state index is 13.1. The van der Waals surface area contributed by atoms with Gasteiger partial charge < -0.3 is 24.2 Å². The maximum absolute atomic E-state index is 13.1. The monoisotopic (exact) mass is 658 g/mol. The molecule has 1 saturated heterocycles. The number of piperidine rings is 1. The van der Waals surface area contributed by atoms with Crippen LogP contribution in [0.15, 0.2) is 36.4 Å². The van der Waals surface area contributed by atoms with Gasteiger partial charge in [0.05, 0.1) is 35.4 Å². The summed E-state index contributed by atoms with van der Waals surface area (Å²) in [6.07, 6.45) is 7.13. The lowest BCUT2D eigenvalue weighted by Crippen LogP contribution is -2.48. The fourth-order valence-electron chi connectivity index (χ4n) is 7.55. The first-order valence-corrected chi connectivity index (χ1v) is 17.5. The van der Waals surface area contributed by atoms with E-state index in [2.05, 4.69) is 47.2 Å². The van der Waals surface area contributed by atoms with Crippen LogP contribution in [-0.2, 0) is 17.7 Å². The number of nitriles is 1. The third-order valence-corrected chi connectivity index (χ3v) is 10.2. The number of nitrogens with zero attached hydrogens (tertiary/aromatic N) is 6. The Morgan fingerprint density at radius 3 is 2.62 bits per heavy atom. The second kappa shape index (κ2) is 14.2. The molecule has 1 saturated carbocycles. The van der Waals surface area contributed by atoms with Gasteiger partial charge in [0.1, 0.15) is 12.2 Å². The van der Waals surface area contributed by atoms with Crippen LogP contribution < -0.4 is 9.64 Å². The number of benzene rings is 2. The highest BCUT2D eigenvalue weighted by Crippen LogP contribution is 2.39. The number of hydrogen-bond donors (Lipinski definition) is 0. The minimum absolute atomic E-state index is 0.0749. The molecule has 1 unspecified atom stereocenters. The Balaban J connectivity index is 1.28. The molecule has 3 aromatic rings. The smallest absolute Gasteiger partial charge is 0.410 e. The number of hydrogen-bond acceptors (Lipinski definition) is 8. The van der Waals surface area contributed by atoms with Gasteiger partial charge in [-0.3, -0.25) is 0 Å². The van der Waals surface area contributed by atoms with Crippen molar-refractivity contribution < 1.29 is 14.3 Å². The van der Waals surface area contributed by atoms with Crippen molar-refractivity contribution in [2.75, 3.05) is 38.2 Å². The van der Waals surface area contributed by atoms with E-state index in [-0.39, 0.29) is 24.5 Å². The minimum Gasteiger partial charge on any atom is -0.462 e. The van der Waals surface area contributed by atoms with E-state index in [1.54, 1.807) is 4.90 Å². The highest BCUT2D eigenvalue weighted by molar-refractivity contribution is 6.36. The molecule has 0 radical (unpaired) electrons. The number of amides is 1. The van der Waals surface area contributed by atoms with Gasteiger partial charge in [0, 0.05) is 48.7 Å². The molecule has 2 aliphatic heterocycles. The van der Waals surface area contributed by atoms with Crippen molar-refractivity contribution in [3.05, 3.63) is 58.4 Å². The summed E-state index contributed by atoms with van der Waals surface area (Å²) in [4.78, 5) is 29.7. The first-order chi connectivity index (χ1) is 22.6. The van der Waals surface area contributed by atoms with E-state index in [4.69, 9.17) is 31.0 Å². The zero-order valence-corrected chi connectivity index (χ0v) is 28.9. The summed E-state index contributed by atoms with van der Waals surface area (Å²) < 4.78 is 12.0. The van der Waals surface area contributed by atoms with Crippen LogP contribution in [0.3, 0.4) is 0 Å². The molecule has 3 heterocycles. The van der Waals surface area contributed by atoms with Gasteiger partial charge in [0.25, 0.3) is 0 Å². The number of rotatable bonds is 8. The number of anilines is 1. The van der Waals surface area contributed by atoms with Crippen LogP contribution in [-0.4, -0.2) is 76.8 Å². The van der Waals surface area contributed by atoms with E-state index in [0.717, 1.165) is 64.4 Å². The zero-order valence-electron chi connectivity index (χ0n) is 28.2. The molecule has 1 aliphatic carbocycles. The second-order valence-electron chi connectivity index (χ2n) is 14.3. The lowest BCUT2D eigenvalue weighted by Gasteiger charge is -2.40. The molecule has 10 heteroatoms. The van der Waals surface area contributed by atoms with Crippen molar-refractivity contribution in [1.82, 2.24) is 19.8 Å². The lowest BCUT2D eigenvalue weighted by molar-refractivity contribution is 0.00843. The molecular weight excluding hydrogens is 612 g/mol. The van der Waals surface area contributed by atoms with E-state index in [0.29, 0.717) is 38.2 Å². The van der Waals surface area contributed by atoms with Gasteiger partial charge in [-0.1, -0.05) is 48.7 Å². The Morgan fingerprint density at radius 1 is 1.11 bits per heavy atom. The van der Waals surface area contributed by atoms with E-state index in [1.165, 1.54) is 25.7 Å². The summed E-state index contributed by atoms with van der Waals surface area (Å²) in [6, 6.07) is 15.4. The third-order valence-electron chi connectivity index (χ3n) is 9.93. The van der Waals surface area contributed by atoms with Crippen LogP contribution >= 0.6 is 11.6 Å². The van der Waals surface area contributed by atoms with Crippen molar-refractivity contribution in [1.29, 1.82) is 5.26 Å². The second-order valence-corrected chi connectivity index (χ2v) is 14.7. The van der Waals surface area contributed by atoms with Gasteiger partial charge in [-0.15, -0.1) is 0 Å². The topological polar surface area (TPSA) is 94.8 Å². The third kappa shape index (κ3) is 7.60. The molecule has 0 bridgehead atoms. The first kappa shape index (κ1) is 33.3. The summed E-state index contributed by atoms with van der Waals surface area (Å²) in [5, 5.41) is 12.6. The molecule has 47 heavy (non-hydrogen) atoms. The quantitative estimate of drug-likeness (QED) is 0.246.